The molecule has 1 atom stereocenters. The summed E-state index contributed by atoms with van der Waals surface area (Å²) >= 11 is 6.20. The number of halogens is 1. The summed E-state index contributed by atoms with van der Waals surface area (Å²) in [5.41, 5.74) is 2.60. The minimum atomic E-state index is -0.816. The normalized spacial score (nSPS) is 11.6. The Bertz CT molecular complexity index is 1140. The van der Waals surface area contributed by atoms with Gasteiger partial charge in [-0.15, -0.1) is 0 Å². The molecule has 0 fully saturated rings. The van der Waals surface area contributed by atoms with E-state index in [9.17, 15) is 9.59 Å². The van der Waals surface area contributed by atoms with E-state index < -0.39 is 11.9 Å². The topological polar surface area (TPSA) is 82.4 Å². The molecule has 0 spiro atoms. The fourth-order valence-electron chi connectivity index (χ4n) is 3.17. The van der Waals surface area contributed by atoms with Crippen LogP contribution in [0.3, 0.4) is 0 Å². The van der Waals surface area contributed by atoms with Crippen molar-refractivity contribution in [3.05, 3.63) is 69.5 Å². The third kappa shape index (κ3) is 4.88. The molecular formula is C23H24ClN3O4. The second-order valence-electron chi connectivity index (χ2n) is 6.97. The number of hydrogen-bond donors (Lipinski definition) is 1. The van der Waals surface area contributed by atoms with Crippen LogP contribution in [0.15, 0.2) is 53.3 Å². The van der Waals surface area contributed by atoms with Crippen molar-refractivity contribution < 1.29 is 14.3 Å². The number of rotatable bonds is 7. The summed E-state index contributed by atoms with van der Waals surface area (Å²) in [4.78, 5) is 25.6. The SMILES string of the molecule is CCC(C(=O)Nc1cc(Cl)c(OC)cc1OC)n1nc(-c2ccc(C)cc2)ccc1=O. The number of nitrogens with one attached hydrogen (secondary N) is 1. The Kier molecular flexibility index (Phi) is 6.97. The summed E-state index contributed by atoms with van der Waals surface area (Å²) in [5, 5.41) is 7.58. The maximum atomic E-state index is 13.1. The summed E-state index contributed by atoms with van der Waals surface area (Å²) in [7, 11) is 2.97. The number of ether oxygens (including phenoxy) is 2. The second kappa shape index (κ2) is 9.66. The largest absolute Gasteiger partial charge is 0.495 e. The highest BCUT2D eigenvalue weighted by Crippen LogP contribution is 2.36. The van der Waals surface area contributed by atoms with Crippen molar-refractivity contribution in [3.8, 4) is 22.8 Å². The van der Waals surface area contributed by atoms with E-state index in [1.807, 2.05) is 38.1 Å². The van der Waals surface area contributed by atoms with Gasteiger partial charge in [-0.05, 0) is 25.5 Å². The number of nitrogens with zero attached hydrogens (tertiary/aromatic N) is 2. The predicted octanol–water partition coefficient (Wildman–Crippen LogP) is 4.48. The molecule has 2 aromatic carbocycles. The molecule has 8 heteroatoms. The Hall–Kier alpha value is -3.32. The molecule has 0 aliphatic heterocycles. The van der Waals surface area contributed by atoms with Gasteiger partial charge < -0.3 is 14.8 Å². The van der Waals surface area contributed by atoms with Crippen LogP contribution in [0.1, 0.15) is 24.9 Å². The van der Waals surface area contributed by atoms with E-state index in [1.54, 1.807) is 18.2 Å². The van der Waals surface area contributed by atoms with Crippen molar-refractivity contribution in [1.29, 1.82) is 0 Å². The maximum Gasteiger partial charge on any atom is 0.267 e. The van der Waals surface area contributed by atoms with Crippen molar-refractivity contribution in [2.24, 2.45) is 0 Å². The van der Waals surface area contributed by atoms with Gasteiger partial charge in [0.1, 0.15) is 17.5 Å². The third-order valence-electron chi connectivity index (χ3n) is 4.89. The number of anilines is 1. The van der Waals surface area contributed by atoms with Gasteiger partial charge in [0, 0.05) is 17.7 Å². The molecule has 0 saturated carbocycles. The zero-order chi connectivity index (χ0) is 22.5. The molecule has 3 aromatic rings. The molecule has 1 N–H and O–H groups in total. The molecule has 1 unspecified atom stereocenters. The van der Waals surface area contributed by atoms with Crippen LogP contribution in [0, 0.1) is 6.92 Å². The first-order valence-electron chi connectivity index (χ1n) is 9.77. The smallest absolute Gasteiger partial charge is 0.267 e. The molecule has 1 heterocycles. The summed E-state index contributed by atoms with van der Waals surface area (Å²) in [5.74, 6) is 0.406. The van der Waals surface area contributed by atoms with Gasteiger partial charge in [0.05, 0.1) is 30.6 Å². The van der Waals surface area contributed by atoms with E-state index in [4.69, 9.17) is 21.1 Å². The molecule has 31 heavy (non-hydrogen) atoms. The molecule has 7 nitrogen and oxygen atoms in total. The molecule has 1 aromatic heterocycles. The number of methoxy groups -OCH3 is 2. The van der Waals surface area contributed by atoms with Gasteiger partial charge in [-0.3, -0.25) is 9.59 Å². The monoisotopic (exact) mass is 441 g/mol. The van der Waals surface area contributed by atoms with Crippen LogP contribution < -0.4 is 20.3 Å². The lowest BCUT2D eigenvalue weighted by atomic mass is 10.1. The zero-order valence-electron chi connectivity index (χ0n) is 17.8. The first-order valence-corrected chi connectivity index (χ1v) is 10.1. The van der Waals surface area contributed by atoms with Crippen LogP contribution in [0.5, 0.6) is 11.5 Å². The zero-order valence-corrected chi connectivity index (χ0v) is 18.6. The average Bonchev–Trinajstić information content (AvgIpc) is 2.76. The highest BCUT2D eigenvalue weighted by molar-refractivity contribution is 6.32. The van der Waals surface area contributed by atoms with Crippen molar-refractivity contribution in [3.63, 3.8) is 0 Å². The Balaban J connectivity index is 1.94. The van der Waals surface area contributed by atoms with Gasteiger partial charge in [0.15, 0.2) is 0 Å². The summed E-state index contributed by atoms with van der Waals surface area (Å²) in [6, 6.07) is 13.2. The van der Waals surface area contributed by atoms with Crippen LogP contribution in [0.2, 0.25) is 5.02 Å². The lowest BCUT2D eigenvalue weighted by molar-refractivity contribution is -0.119. The van der Waals surface area contributed by atoms with Gasteiger partial charge in [-0.2, -0.15) is 5.10 Å². The molecule has 0 saturated heterocycles. The fourth-order valence-corrected chi connectivity index (χ4v) is 3.41. The Morgan fingerprint density at radius 2 is 1.77 bits per heavy atom. The minimum absolute atomic E-state index is 0.323. The van der Waals surface area contributed by atoms with E-state index in [2.05, 4.69) is 10.4 Å². The highest BCUT2D eigenvalue weighted by atomic mass is 35.5. The maximum absolute atomic E-state index is 13.1. The molecule has 0 radical (unpaired) electrons. The lowest BCUT2D eigenvalue weighted by Crippen LogP contribution is -2.34. The molecule has 0 aliphatic rings. The second-order valence-corrected chi connectivity index (χ2v) is 7.37. The molecule has 0 aliphatic carbocycles. The standard InChI is InChI=1S/C23H24ClN3O4/c1-5-19(23(29)25-18-12-16(24)20(30-3)13-21(18)31-4)27-22(28)11-10-17(26-27)15-8-6-14(2)7-9-15/h6-13,19H,5H2,1-4H3,(H,25,29). The van der Waals surface area contributed by atoms with Crippen LogP contribution in [-0.4, -0.2) is 29.9 Å². The van der Waals surface area contributed by atoms with Gasteiger partial charge >= 0.3 is 0 Å². The Morgan fingerprint density at radius 3 is 2.39 bits per heavy atom. The van der Waals surface area contributed by atoms with E-state index >= 15 is 0 Å². The number of aromatic nitrogens is 2. The lowest BCUT2D eigenvalue weighted by Gasteiger charge is -2.19. The third-order valence-corrected chi connectivity index (χ3v) is 5.18. The van der Waals surface area contributed by atoms with Crippen molar-refractivity contribution in [2.45, 2.75) is 26.3 Å². The highest BCUT2D eigenvalue weighted by Gasteiger charge is 2.23. The minimum Gasteiger partial charge on any atom is -0.495 e. The summed E-state index contributed by atoms with van der Waals surface area (Å²) in [6.07, 6.45) is 0.363. The number of aryl methyl sites for hydroxylation is 1. The van der Waals surface area contributed by atoms with E-state index in [0.717, 1.165) is 11.1 Å². The number of carbonyl (C=O) groups is 1. The summed E-state index contributed by atoms with van der Waals surface area (Å²) < 4.78 is 11.7. The number of benzene rings is 2. The number of hydrogen-bond acceptors (Lipinski definition) is 5. The van der Waals surface area contributed by atoms with Gasteiger partial charge in [-0.1, -0.05) is 48.4 Å². The Morgan fingerprint density at radius 1 is 1.10 bits per heavy atom. The van der Waals surface area contributed by atoms with Crippen molar-refractivity contribution in [2.75, 3.05) is 19.5 Å². The number of amides is 1. The molecular weight excluding hydrogens is 418 g/mol. The van der Waals surface area contributed by atoms with Crippen molar-refractivity contribution >= 4 is 23.2 Å². The first-order chi connectivity index (χ1) is 14.9. The molecule has 1 amide bonds. The average molecular weight is 442 g/mol. The quantitative estimate of drug-likeness (QED) is 0.584. The predicted molar refractivity (Wildman–Crippen MR) is 121 cm³/mol. The van der Waals surface area contributed by atoms with Crippen LogP contribution >= 0.6 is 11.6 Å². The van der Waals surface area contributed by atoms with Crippen molar-refractivity contribution in [1.82, 2.24) is 9.78 Å². The molecule has 3 rings (SSSR count). The number of carbonyl (C=O) groups excluding carboxylic acids is 1. The molecule has 0 bridgehead atoms. The van der Waals surface area contributed by atoms with Crippen LogP contribution in [-0.2, 0) is 4.79 Å². The van der Waals surface area contributed by atoms with E-state index in [-0.39, 0.29) is 5.56 Å². The first kappa shape index (κ1) is 22.4. The van der Waals surface area contributed by atoms with Gasteiger partial charge in [0.25, 0.3) is 5.56 Å². The fraction of sp³-hybridized carbons (Fsp3) is 0.261. The van der Waals surface area contributed by atoms with E-state index in [1.165, 1.54) is 25.0 Å². The molecule has 162 valence electrons. The van der Waals surface area contributed by atoms with Gasteiger partial charge in [-0.25, -0.2) is 4.68 Å². The summed E-state index contributed by atoms with van der Waals surface area (Å²) in [6.45, 7) is 3.81. The van der Waals surface area contributed by atoms with Gasteiger partial charge in [0.2, 0.25) is 5.91 Å². The van der Waals surface area contributed by atoms with Crippen LogP contribution in [0.4, 0.5) is 5.69 Å². The van der Waals surface area contributed by atoms with Crippen LogP contribution in [0.25, 0.3) is 11.3 Å². The van der Waals surface area contributed by atoms with E-state index in [0.29, 0.717) is 34.3 Å². The Labute approximate surface area is 185 Å².